The molecule has 0 aliphatic carbocycles. The predicted molar refractivity (Wildman–Crippen MR) is 114 cm³/mol. The minimum atomic E-state index is -0.622. The van der Waals surface area contributed by atoms with Gasteiger partial charge in [0.15, 0.2) is 0 Å². The summed E-state index contributed by atoms with van der Waals surface area (Å²) in [6.45, 7) is 2.52. The molecule has 4 rings (SSSR count). The van der Waals surface area contributed by atoms with Crippen molar-refractivity contribution in [1.29, 1.82) is 0 Å². The average Bonchev–Trinajstić information content (AvgIpc) is 3.27. The fourth-order valence-electron chi connectivity index (χ4n) is 3.73. The topological polar surface area (TPSA) is 117 Å². The van der Waals surface area contributed by atoms with Gasteiger partial charge < -0.3 is 20.3 Å². The molecule has 2 aromatic rings. The molecule has 1 atom stereocenters. The normalized spacial score (nSPS) is 17.9. The molecule has 10 heteroatoms. The smallest absolute Gasteiger partial charge is 0.319 e. The summed E-state index contributed by atoms with van der Waals surface area (Å²) in [4.78, 5) is 51.3. The van der Waals surface area contributed by atoms with E-state index >= 15 is 0 Å². The number of methoxy groups -OCH3 is 1. The first-order valence-corrected chi connectivity index (χ1v) is 10.6. The molecular weight excluding hydrogens is 420 g/mol. The Morgan fingerprint density at radius 2 is 2.10 bits per heavy atom. The molecule has 2 aliphatic heterocycles. The first-order valence-electron chi connectivity index (χ1n) is 9.81. The lowest BCUT2D eigenvalue weighted by Crippen LogP contribution is -2.52. The summed E-state index contributed by atoms with van der Waals surface area (Å²) >= 11 is 1.30. The number of hydrogen-bond acceptors (Lipinski definition) is 6. The number of fused-ring (bicyclic) bond motifs is 1. The monoisotopic (exact) mass is 442 g/mol. The minimum Gasteiger partial charge on any atom is -0.496 e. The van der Waals surface area contributed by atoms with Gasteiger partial charge in [-0.1, -0.05) is 6.07 Å². The van der Waals surface area contributed by atoms with Gasteiger partial charge in [-0.25, -0.2) is 4.79 Å². The average molecular weight is 442 g/mol. The summed E-state index contributed by atoms with van der Waals surface area (Å²) in [6, 6.07) is 6.28. The Balaban J connectivity index is 1.34. The fourth-order valence-corrected chi connectivity index (χ4v) is 4.80. The van der Waals surface area contributed by atoms with Crippen LogP contribution in [0, 0.1) is 6.92 Å². The van der Waals surface area contributed by atoms with Crippen molar-refractivity contribution in [3.8, 4) is 5.75 Å². The summed E-state index contributed by atoms with van der Waals surface area (Å²) in [6.07, 6.45) is 0.564. The van der Waals surface area contributed by atoms with Crippen LogP contribution in [0.25, 0.3) is 0 Å². The molecule has 9 nitrogen and oxygen atoms in total. The van der Waals surface area contributed by atoms with Gasteiger partial charge in [-0.3, -0.25) is 19.7 Å². The van der Waals surface area contributed by atoms with Gasteiger partial charge in [0, 0.05) is 29.6 Å². The molecule has 31 heavy (non-hydrogen) atoms. The molecule has 162 valence electrons. The first-order chi connectivity index (χ1) is 14.9. The third kappa shape index (κ3) is 4.24. The maximum Gasteiger partial charge on any atom is 0.319 e. The van der Waals surface area contributed by atoms with Crippen molar-refractivity contribution < 1.29 is 23.9 Å². The van der Waals surface area contributed by atoms with E-state index in [1.165, 1.54) is 16.2 Å². The highest BCUT2D eigenvalue weighted by Gasteiger charge is 2.40. The summed E-state index contributed by atoms with van der Waals surface area (Å²) < 4.78 is 5.26. The van der Waals surface area contributed by atoms with Gasteiger partial charge >= 0.3 is 6.03 Å². The number of aryl methyl sites for hydroxylation is 1. The molecule has 1 saturated heterocycles. The standard InChI is InChI=1S/C21H22N4O5S/c1-11-3-4-13(8-16(11)30-2)23-21(29)22-9-14-7-12-10-25(20(28)18(12)31-14)15-5-6-17(26)24-19(15)27/h3-4,7-8,15H,5-6,9-10H2,1-2H3,(H2,22,23,29)(H,24,26,27). The van der Waals surface area contributed by atoms with Crippen LogP contribution in [-0.4, -0.2) is 41.8 Å². The number of nitrogens with zero attached hydrogens (tertiary/aromatic N) is 1. The van der Waals surface area contributed by atoms with E-state index in [9.17, 15) is 19.2 Å². The number of carbonyl (C=O) groups is 4. The van der Waals surface area contributed by atoms with Crippen molar-refractivity contribution in [3.05, 3.63) is 45.1 Å². The molecule has 0 radical (unpaired) electrons. The second kappa shape index (κ2) is 8.38. The summed E-state index contributed by atoms with van der Waals surface area (Å²) in [5, 5.41) is 7.83. The van der Waals surface area contributed by atoms with Crippen molar-refractivity contribution in [2.75, 3.05) is 12.4 Å². The number of benzene rings is 1. The number of carbonyl (C=O) groups excluding carboxylic acids is 4. The van der Waals surface area contributed by atoms with Crippen molar-refractivity contribution in [2.24, 2.45) is 0 Å². The maximum absolute atomic E-state index is 12.8. The Bertz CT molecular complexity index is 1080. The summed E-state index contributed by atoms with van der Waals surface area (Å²) in [5.74, 6) is -0.257. The van der Waals surface area contributed by atoms with Crippen molar-refractivity contribution in [1.82, 2.24) is 15.5 Å². The van der Waals surface area contributed by atoms with Crippen LogP contribution in [0.1, 0.15) is 38.5 Å². The SMILES string of the molecule is COc1cc(NC(=O)NCc2cc3c(s2)C(=O)N(C2CCC(=O)NC2=O)C3)ccc1C. The van der Waals surface area contributed by atoms with Crippen molar-refractivity contribution >= 4 is 40.8 Å². The van der Waals surface area contributed by atoms with Gasteiger partial charge in [0.1, 0.15) is 11.8 Å². The second-order valence-electron chi connectivity index (χ2n) is 7.46. The van der Waals surface area contributed by atoms with E-state index in [-0.39, 0.29) is 30.8 Å². The largest absolute Gasteiger partial charge is 0.496 e. The van der Waals surface area contributed by atoms with Crippen LogP contribution in [0.2, 0.25) is 0 Å². The van der Waals surface area contributed by atoms with E-state index in [0.29, 0.717) is 29.3 Å². The summed E-state index contributed by atoms with van der Waals surface area (Å²) in [7, 11) is 1.57. The molecule has 0 bridgehead atoms. The highest BCUT2D eigenvalue weighted by atomic mass is 32.1. The molecule has 0 spiro atoms. The first kappa shape index (κ1) is 20.9. The van der Waals surface area contributed by atoms with Gasteiger partial charge in [0.2, 0.25) is 11.8 Å². The molecule has 1 fully saturated rings. The van der Waals surface area contributed by atoms with Crippen LogP contribution in [0.5, 0.6) is 5.75 Å². The third-order valence-electron chi connectivity index (χ3n) is 5.33. The number of imide groups is 1. The number of hydrogen-bond donors (Lipinski definition) is 3. The lowest BCUT2D eigenvalue weighted by atomic mass is 10.0. The molecule has 3 heterocycles. The Labute approximate surface area is 182 Å². The Kier molecular flexibility index (Phi) is 5.64. The van der Waals surface area contributed by atoms with Crippen LogP contribution in [0.4, 0.5) is 10.5 Å². The van der Waals surface area contributed by atoms with Gasteiger partial charge in [-0.15, -0.1) is 11.3 Å². The fraction of sp³-hybridized carbons (Fsp3) is 0.333. The van der Waals surface area contributed by atoms with Crippen LogP contribution < -0.4 is 20.7 Å². The van der Waals surface area contributed by atoms with E-state index < -0.39 is 11.9 Å². The van der Waals surface area contributed by atoms with Gasteiger partial charge in [0.25, 0.3) is 5.91 Å². The third-order valence-corrected chi connectivity index (χ3v) is 6.50. The molecule has 1 aromatic carbocycles. The van der Waals surface area contributed by atoms with Gasteiger partial charge in [-0.2, -0.15) is 0 Å². The van der Waals surface area contributed by atoms with Gasteiger partial charge in [0.05, 0.1) is 18.5 Å². The molecule has 0 saturated carbocycles. The van der Waals surface area contributed by atoms with E-state index in [2.05, 4.69) is 16.0 Å². The van der Waals surface area contributed by atoms with E-state index in [4.69, 9.17) is 4.74 Å². The molecule has 3 N–H and O–H groups in total. The van der Waals surface area contributed by atoms with Crippen LogP contribution in [-0.2, 0) is 22.7 Å². The number of urea groups is 1. The zero-order chi connectivity index (χ0) is 22.1. The number of rotatable bonds is 5. The number of nitrogens with one attached hydrogen (secondary N) is 3. The highest BCUT2D eigenvalue weighted by molar-refractivity contribution is 7.14. The lowest BCUT2D eigenvalue weighted by Gasteiger charge is -2.29. The Morgan fingerprint density at radius 3 is 2.81 bits per heavy atom. The van der Waals surface area contributed by atoms with Crippen LogP contribution in [0.15, 0.2) is 24.3 Å². The van der Waals surface area contributed by atoms with Crippen molar-refractivity contribution in [3.63, 3.8) is 0 Å². The maximum atomic E-state index is 12.8. The number of amides is 5. The van der Waals surface area contributed by atoms with Crippen LogP contribution >= 0.6 is 11.3 Å². The van der Waals surface area contributed by atoms with Gasteiger partial charge in [-0.05, 0) is 36.6 Å². The molecule has 1 aromatic heterocycles. The zero-order valence-electron chi connectivity index (χ0n) is 17.1. The number of thiophene rings is 1. The number of piperidine rings is 1. The molecule has 1 unspecified atom stereocenters. The number of ether oxygens (including phenoxy) is 1. The lowest BCUT2D eigenvalue weighted by molar-refractivity contribution is -0.136. The predicted octanol–water partition coefficient (Wildman–Crippen LogP) is 2.15. The zero-order valence-corrected chi connectivity index (χ0v) is 17.9. The quantitative estimate of drug-likeness (QED) is 0.614. The molecular formula is C21H22N4O5S. The number of anilines is 1. The summed E-state index contributed by atoms with van der Waals surface area (Å²) in [5.41, 5.74) is 2.42. The van der Waals surface area contributed by atoms with E-state index in [1.807, 2.05) is 19.1 Å². The Hall–Kier alpha value is -3.40. The second-order valence-corrected chi connectivity index (χ2v) is 8.60. The highest BCUT2D eigenvalue weighted by Crippen LogP contribution is 2.33. The van der Waals surface area contributed by atoms with Crippen molar-refractivity contribution in [2.45, 2.75) is 38.9 Å². The molecule has 5 amide bonds. The van der Waals surface area contributed by atoms with Crippen LogP contribution in [0.3, 0.4) is 0 Å². The Morgan fingerprint density at radius 1 is 1.29 bits per heavy atom. The molecule has 2 aliphatic rings. The van der Waals surface area contributed by atoms with E-state index in [0.717, 1.165) is 16.0 Å². The minimum absolute atomic E-state index is 0.211. The van der Waals surface area contributed by atoms with E-state index in [1.54, 1.807) is 19.2 Å².